The highest BCUT2D eigenvalue weighted by Crippen LogP contribution is 2.25. The largest absolute Gasteiger partial charge is 0.481 e. The molecule has 1 fully saturated rings. The zero-order chi connectivity index (χ0) is 14.5. The highest BCUT2D eigenvalue weighted by molar-refractivity contribution is 9.10. The fraction of sp³-hybridized carbons (Fsp3) is 0.333. The van der Waals surface area contributed by atoms with E-state index in [9.17, 15) is 9.59 Å². The lowest BCUT2D eigenvalue weighted by atomic mass is 10.1. The maximum Gasteiger partial charge on any atom is 0.306 e. The molecule has 1 saturated carbocycles. The van der Waals surface area contributed by atoms with E-state index in [4.69, 9.17) is 5.11 Å². The predicted molar refractivity (Wildman–Crippen MR) is 80.1 cm³/mol. The number of carbonyl (C=O) groups excluding carboxylic acids is 1. The molecular formula is C15H16BrNO3. The molecule has 20 heavy (non-hydrogen) atoms. The SMILES string of the molecule is O=C(/C=C/c1ccc(Br)cc1)N[C@H]1CC[C@@H](C(=O)O)C1. The molecule has 0 radical (unpaired) electrons. The van der Waals surface area contributed by atoms with Gasteiger partial charge >= 0.3 is 5.97 Å². The van der Waals surface area contributed by atoms with Crippen molar-refractivity contribution >= 4 is 33.9 Å². The summed E-state index contributed by atoms with van der Waals surface area (Å²) in [7, 11) is 0. The van der Waals surface area contributed by atoms with E-state index in [-0.39, 0.29) is 17.9 Å². The molecule has 1 aliphatic rings. The van der Waals surface area contributed by atoms with Gasteiger partial charge in [0.25, 0.3) is 0 Å². The Morgan fingerprint density at radius 2 is 1.95 bits per heavy atom. The molecule has 106 valence electrons. The van der Waals surface area contributed by atoms with Crippen molar-refractivity contribution in [3.8, 4) is 0 Å². The van der Waals surface area contributed by atoms with Crippen molar-refractivity contribution in [2.75, 3.05) is 0 Å². The molecule has 0 heterocycles. The Morgan fingerprint density at radius 1 is 1.25 bits per heavy atom. The quantitative estimate of drug-likeness (QED) is 0.830. The molecule has 0 aromatic heterocycles. The lowest BCUT2D eigenvalue weighted by molar-refractivity contribution is -0.141. The van der Waals surface area contributed by atoms with Crippen LogP contribution in [0.4, 0.5) is 0 Å². The first-order valence-electron chi connectivity index (χ1n) is 6.51. The van der Waals surface area contributed by atoms with Crippen LogP contribution in [-0.2, 0) is 9.59 Å². The van der Waals surface area contributed by atoms with Crippen LogP contribution >= 0.6 is 15.9 Å². The normalized spacial score (nSPS) is 22.1. The Labute approximate surface area is 126 Å². The van der Waals surface area contributed by atoms with E-state index in [2.05, 4.69) is 21.2 Å². The molecule has 1 aromatic carbocycles. The third-order valence-electron chi connectivity index (χ3n) is 3.43. The number of carbonyl (C=O) groups is 2. The number of carboxylic acids is 1. The minimum absolute atomic E-state index is 0.0295. The summed E-state index contributed by atoms with van der Waals surface area (Å²) in [5, 5.41) is 11.8. The zero-order valence-corrected chi connectivity index (χ0v) is 12.5. The molecule has 0 saturated heterocycles. The van der Waals surface area contributed by atoms with Gasteiger partial charge in [0.1, 0.15) is 0 Å². The van der Waals surface area contributed by atoms with Gasteiger partial charge < -0.3 is 10.4 Å². The highest BCUT2D eigenvalue weighted by Gasteiger charge is 2.30. The molecule has 0 bridgehead atoms. The Hall–Kier alpha value is -1.62. The first kappa shape index (κ1) is 14.8. The summed E-state index contributed by atoms with van der Waals surface area (Å²) in [5.74, 6) is -1.27. The van der Waals surface area contributed by atoms with Crippen molar-refractivity contribution in [3.63, 3.8) is 0 Å². The van der Waals surface area contributed by atoms with Crippen LogP contribution in [0.1, 0.15) is 24.8 Å². The third kappa shape index (κ3) is 4.20. The number of carboxylic acid groups (broad SMARTS) is 1. The highest BCUT2D eigenvalue weighted by atomic mass is 79.9. The Balaban J connectivity index is 1.84. The topological polar surface area (TPSA) is 66.4 Å². The van der Waals surface area contributed by atoms with Crippen LogP contribution in [-0.4, -0.2) is 23.0 Å². The van der Waals surface area contributed by atoms with Crippen molar-refractivity contribution in [1.82, 2.24) is 5.32 Å². The van der Waals surface area contributed by atoms with Gasteiger partial charge in [-0.05, 0) is 43.0 Å². The van der Waals surface area contributed by atoms with Gasteiger partial charge in [-0.15, -0.1) is 0 Å². The van der Waals surface area contributed by atoms with E-state index in [0.717, 1.165) is 16.5 Å². The molecule has 1 aliphatic carbocycles. The Kier molecular flexibility index (Phi) is 4.95. The molecule has 1 amide bonds. The van der Waals surface area contributed by atoms with Crippen LogP contribution < -0.4 is 5.32 Å². The molecule has 1 aromatic rings. The molecule has 5 heteroatoms. The van der Waals surface area contributed by atoms with Crippen LogP contribution in [0.3, 0.4) is 0 Å². The minimum atomic E-state index is -0.771. The van der Waals surface area contributed by atoms with Crippen molar-refractivity contribution < 1.29 is 14.7 Å². The molecule has 0 unspecified atom stereocenters. The van der Waals surface area contributed by atoms with E-state index in [0.29, 0.717) is 12.8 Å². The molecule has 2 atom stereocenters. The van der Waals surface area contributed by atoms with Crippen molar-refractivity contribution in [1.29, 1.82) is 0 Å². The van der Waals surface area contributed by atoms with E-state index in [1.54, 1.807) is 6.08 Å². The van der Waals surface area contributed by atoms with Gasteiger partial charge in [-0.2, -0.15) is 0 Å². The zero-order valence-electron chi connectivity index (χ0n) is 10.9. The van der Waals surface area contributed by atoms with Gasteiger partial charge in [0.2, 0.25) is 5.91 Å². The van der Waals surface area contributed by atoms with Crippen molar-refractivity contribution in [2.24, 2.45) is 5.92 Å². The molecule has 4 nitrogen and oxygen atoms in total. The number of benzene rings is 1. The van der Waals surface area contributed by atoms with Crippen LogP contribution in [0.2, 0.25) is 0 Å². The van der Waals surface area contributed by atoms with Crippen LogP contribution in [0.15, 0.2) is 34.8 Å². The fourth-order valence-corrected chi connectivity index (χ4v) is 2.60. The first-order chi connectivity index (χ1) is 9.54. The average Bonchev–Trinajstić information content (AvgIpc) is 2.87. The van der Waals surface area contributed by atoms with Crippen LogP contribution in [0.5, 0.6) is 0 Å². The second-order valence-corrected chi connectivity index (χ2v) is 5.85. The van der Waals surface area contributed by atoms with Gasteiger partial charge in [0.15, 0.2) is 0 Å². The summed E-state index contributed by atoms with van der Waals surface area (Å²) < 4.78 is 0.991. The standard InChI is InChI=1S/C15H16BrNO3/c16-12-5-1-10(2-6-12)3-8-14(18)17-13-7-4-11(9-13)15(19)20/h1-3,5-6,8,11,13H,4,7,9H2,(H,17,18)(H,19,20)/b8-3+/t11-,13+/m1/s1. The summed E-state index contributed by atoms with van der Waals surface area (Å²) in [4.78, 5) is 22.6. The summed E-state index contributed by atoms with van der Waals surface area (Å²) >= 11 is 3.35. The maximum atomic E-state index is 11.8. The van der Waals surface area contributed by atoms with E-state index < -0.39 is 5.97 Å². The van der Waals surface area contributed by atoms with Gasteiger partial charge in [-0.3, -0.25) is 9.59 Å². The monoisotopic (exact) mass is 337 g/mol. The summed E-state index contributed by atoms with van der Waals surface area (Å²) in [6, 6.07) is 7.60. The van der Waals surface area contributed by atoms with Crippen LogP contribution in [0, 0.1) is 5.92 Å². The fourth-order valence-electron chi connectivity index (χ4n) is 2.33. The average molecular weight is 338 g/mol. The molecular weight excluding hydrogens is 322 g/mol. The third-order valence-corrected chi connectivity index (χ3v) is 3.95. The van der Waals surface area contributed by atoms with Crippen molar-refractivity contribution in [3.05, 3.63) is 40.4 Å². The van der Waals surface area contributed by atoms with Gasteiger partial charge in [0.05, 0.1) is 5.92 Å². The van der Waals surface area contributed by atoms with Gasteiger partial charge in [-0.25, -0.2) is 0 Å². The number of nitrogens with one attached hydrogen (secondary N) is 1. The van der Waals surface area contributed by atoms with Crippen molar-refractivity contribution in [2.45, 2.75) is 25.3 Å². The first-order valence-corrected chi connectivity index (χ1v) is 7.31. The van der Waals surface area contributed by atoms with Gasteiger partial charge in [-0.1, -0.05) is 28.1 Å². The van der Waals surface area contributed by atoms with E-state index >= 15 is 0 Å². The summed E-state index contributed by atoms with van der Waals surface area (Å²) in [5.41, 5.74) is 0.943. The number of aliphatic carboxylic acids is 1. The molecule has 0 spiro atoms. The summed E-state index contributed by atoms with van der Waals surface area (Å²) in [6.45, 7) is 0. The lowest BCUT2D eigenvalue weighted by Crippen LogP contribution is -2.31. The predicted octanol–water partition coefficient (Wildman–Crippen LogP) is 2.83. The van der Waals surface area contributed by atoms with E-state index in [1.807, 2.05) is 24.3 Å². The molecule has 2 N–H and O–H groups in total. The Bertz CT molecular complexity index is 524. The second-order valence-electron chi connectivity index (χ2n) is 4.94. The molecule has 2 rings (SSSR count). The number of halogens is 1. The second kappa shape index (κ2) is 6.70. The number of hydrogen-bond acceptors (Lipinski definition) is 2. The minimum Gasteiger partial charge on any atom is -0.481 e. The summed E-state index contributed by atoms with van der Waals surface area (Å²) in [6.07, 6.45) is 5.11. The number of rotatable bonds is 4. The smallest absolute Gasteiger partial charge is 0.306 e. The molecule has 0 aliphatic heterocycles. The van der Waals surface area contributed by atoms with Gasteiger partial charge in [0, 0.05) is 16.6 Å². The maximum absolute atomic E-state index is 11.8. The van der Waals surface area contributed by atoms with E-state index in [1.165, 1.54) is 6.08 Å². The number of hydrogen-bond donors (Lipinski definition) is 2. The van der Waals surface area contributed by atoms with Crippen LogP contribution in [0.25, 0.3) is 6.08 Å². The Morgan fingerprint density at radius 3 is 2.55 bits per heavy atom. The number of amides is 1. The lowest BCUT2D eigenvalue weighted by Gasteiger charge is -2.10.